The molecule has 0 aliphatic carbocycles. The summed E-state index contributed by atoms with van der Waals surface area (Å²) in [4.78, 5) is 16.9. The number of aromatic nitrogens is 5. The van der Waals surface area contributed by atoms with Crippen LogP contribution in [0.1, 0.15) is 11.1 Å². The van der Waals surface area contributed by atoms with Crippen LogP contribution in [0.3, 0.4) is 0 Å². The molecule has 0 saturated heterocycles. The van der Waals surface area contributed by atoms with Crippen molar-refractivity contribution in [2.24, 2.45) is 0 Å². The molecule has 2 aromatic heterocycles. The second-order valence-corrected chi connectivity index (χ2v) is 6.57. The van der Waals surface area contributed by atoms with E-state index >= 15 is 0 Å². The molecule has 2 aromatic carbocycles. The molecular weight excluding hydrogens is 330 g/mol. The summed E-state index contributed by atoms with van der Waals surface area (Å²) in [6.45, 7) is 4.49. The van der Waals surface area contributed by atoms with Gasteiger partial charge in [-0.15, -0.1) is 5.10 Å². The van der Waals surface area contributed by atoms with Crippen LogP contribution >= 0.6 is 0 Å². The average Bonchev–Trinajstić information content (AvgIpc) is 3.00. The highest BCUT2D eigenvalue weighted by Crippen LogP contribution is 2.18. The highest BCUT2D eigenvalue weighted by molar-refractivity contribution is 5.77. The number of imidazole rings is 1. The summed E-state index contributed by atoms with van der Waals surface area (Å²) in [5.41, 5.74) is 4.50. The Balaban J connectivity index is 1.60. The summed E-state index contributed by atoms with van der Waals surface area (Å²) >= 11 is 0. The maximum absolute atomic E-state index is 12.5. The van der Waals surface area contributed by atoms with E-state index in [0.717, 1.165) is 11.0 Å². The van der Waals surface area contributed by atoms with E-state index in [0.29, 0.717) is 17.4 Å². The summed E-state index contributed by atoms with van der Waals surface area (Å²) in [7, 11) is 0. The van der Waals surface area contributed by atoms with Gasteiger partial charge in [0.2, 0.25) is 0 Å². The summed E-state index contributed by atoms with van der Waals surface area (Å²) in [5, 5.41) is 19.0. The molecule has 0 amide bonds. The van der Waals surface area contributed by atoms with Crippen LogP contribution in [0.5, 0.6) is 0 Å². The fraction of sp³-hybridized carbons (Fsp3) is 0.263. The minimum atomic E-state index is -0.790. The Labute approximate surface area is 149 Å². The fourth-order valence-electron chi connectivity index (χ4n) is 3.09. The Morgan fingerprint density at radius 1 is 1.08 bits per heavy atom. The van der Waals surface area contributed by atoms with E-state index in [1.54, 1.807) is 24.5 Å². The molecule has 1 atom stereocenters. The highest BCUT2D eigenvalue weighted by Gasteiger charge is 2.13. The lowest BCUT2D eigenvalue weighted by molar-refractivity contribution is 0.128. The molecule has 2 heterocycles. The molecule has 7 heteroatoms. The molecule has 0 unspecified atom stereocenters. The third kappa shape index (κ3) is 2.86. The molecule has 0 aliphatic rings. The number of hydrogen-bond donors (Lipinski definition) is 1. The van der Waals surface area contributed by atoms with Crippen molar-refractivity contribution in [1.29, 1.82) is 0 Å². The second-order valence-electron chi connectivity index (χ2n) is 6.57. The van der Waals surface area contributed by atoms with Gasteiger partial charge in [0, 0.05) is 0 Å². The minimum absolute atomic E-state index is 0.0706. The SMILES string of the molecule is Cc1cc2ncn(C[C@@H](O)Cn3nnc4ccccc4c3=O)c2cc1C. The molecule has 0 saturated carbocycles. The van der Waals surface area contributed by atoms with Gasteiger partial charge < -0.3 is 9.67 Å². The fourth-order valence-corrected chi connectivity index (χ4v) is 3.09. The molecule has 26 heavy (non-hydrogen) atoms. The first-order chi connectivity index (χ1) is 12.5. The van der Waals surface area contributed by atoms with Crippen molar-refractivity contribution in [3.8, 4) is 0 Å². The molecule has 0 fully saturated rings. The maximum atomic E-state index is 12.5. The van der Waals surface area contributed by atoms with E-state index in [4.69, 9.17) is 0 Å². The molecule has 132 valence electrons. The van der Waals surface area contributed by atoms with Gasteiger partial charge in [-0.1, -0.05) is 17.3 Å². The zero-order chi connectivity index (χ0) is 18.3. The molecule has 0 aliphatic heterocycles. The van der Waals surface area contributed by atoms with Gasteiger partial charge in [-0.05, 0) is 49.2 Å². The molecule has 1 N–H and O–H groups in total. The number of aryl methyl sites for hydroxylation is 2. The third-order valence-electron chi connectivity index (χ3n) is 4.66. The first-order valence-corrected chi connectivity index (χ1v) is 8.45. The largest absolute Gasteiger partial charge is 0.389 e. The van der Waals surface area contributed by atoms with Crippen LogP contribution in [0.25, 0.3) is 21.9 Å². The number of rotatable bonds is 4. The Hall–Kier alpha value is -3.06. The van der Waals surface area contributed by atoms with Crippen molar-refractivity contribution >= 4 is 21.9 Å². The standard InChI is InChI=1S/C19H19N5O2/c1-12-7-17-18(8-13(12)2)23(11-20-17)9-14(25)10-24-19(26)15-5-3-4-6-16(15)21-22-24/h3-8,11,14,25H,9-10H2,1-2H3/t14-/m1/s1. The lowest BCUT2D eigenvalue weighted by atomic mass is 10.1. The van der Waals surface area contributed by atoms with E-state index in [-0.39, 0.29) is 12.1 Å². The third-order valence-corrected chi connectivity index (χ3v) is 4.66. The van der Waals surface area contributed by atoms with Crippen molar-refractivity contribution in [2.45, 2.75) is 33.0 Å². The van der Waals surface area contributed by atoms with Crippen molar-refractivity contribution in [3.05, 3.63) is 64.2 Å². The molecule has 4 aromatic rings. The topological polar surface area (TPSA) is 85.8 Å². The van der Waals surface area contributed by atoms with Gasteiger partial charge in [0.1, 0.15) is 5.52 Å². The molecule has 4 rings (SSSR count). The number of aliphatic hydroxyl groups is 1. The predicted octanol–water partition coefficient (Wildman–Crippen LogP) is 1.82. The molecular formula is C19H19N5O2. The van der Waals surface area contributed by atoms with Gasteiger partial charge in [0.05, 0.1) is 41.9 Å². The minimum Gasteiger partial charge on any atom is -0.389 e. The van der Waals surface area contributed by atoms with Crippen LogP contribution in [-0.4, -0.2) is 35.8 Å². The van der Waals surface area contributed by atoms with Crippen LogP contribution in [0.2, 0.25) is 0 Å². The molecule has 0 spiro atoms. The van der Waals surface area contributed by atoms with Gasteiger partial charge in [0.15, 0.2) is 0 Å². The average molecular weight is 349 g/mol. The van der Waals surface area contributed by atoms with Crippen molar-refractivity contribution < 1.29 is 5.11 Å². The number of fused-ring (bicyclic) bond motifs is 2. The Morgan fingerprint density at radius 2 is 1.85 bits per heavy atom. The van der Waals surface area contributed by atoms with Crippen LogP contribution < -0.4 is 5.56 Å². The lowest BCUT2D eigenvalue weighted by Crippen LogP contribution is -2.31. The number of nitrogens with zero attached hydrogens (tertiary/aromatic N) is 5. The molecule has 7 nitrogen and oxygen atoms in total. The quantitative estimate of drug-likeness (QED) is 0.607. The van der Waals surface area contributed by atoms with Gasteiger partial charge >= 0.3 is 0 Å². The Bertz CT molecular complexity index is 1160. The number of aliphatic hydroxyl groups excluding tert-OH is 1. The lowest BCUT2D eigenvalue weighted by Gasteiger charge is -2.13. The smallest absolute Gasteiger partial charge is 0.277 e. The summed E-state index contributed by atoms with van der Waals surface area (Å²) in [5.74, 6) is 0. The highest BCUT2D eigenvalue weighted by atomic mass is 16.3. The summed E-state index contributed by atoms with van der Waals surface area (Å²) in [6, 6.07) is 11.1. The van der Waals surface area contributed by atoms with Crippen molar-refractivity contribution in [1.82, 2.24) is 24.5 Å². The van der Waals surface area contributed by atoms with Crippen LogP contribution in [0.15, 0.2) is 47.5 Å². The second kappa shape index (κ2) is 6.34. The maximum Gasteiger partial charge on any atom is 0.277 e. The number of hydrogen-bond acceptors (Lipinski definition) is 5. The Morgan fingerprint density at radius 3 is 2.69 bits per heavy atom. The van der Waals surface area contributed by atoms with E-state index < -0.39 is 6.10 Å². The zero-order valence-electron chi connectivity index (χ0n) is 14.6. The van der Waals surface area contributed by atoms with Gasteiger partial charge in [-0.25, -0.2) is 9.67 Å². The van der Waals surface area contributed by atoms with Crippen molar-refractivity contribution in [3.63, 3.8) is 0 Å². The molecule has 0 radical (unpaired) electrons. The molecule has 0 bridgehead atoms. The predicted molar refractivity (Wildman–Crippen MR) is 99.0 cm³/mol. The Kier molecular flexibility index (Phi) is 4.00. The van der Waals surface area contributed by atoms with Gasteiger partial charge in [0.25, 0.3) is 5.56 Å². The van der Waals surface area contributed by atoms with Crippen molar-refractivity contribution in [2.75, 3.05) is 0 Å². The van der Waals surface area contributed by atoms with Gasteiger partial charge in [-0.3, -0.25) is 4.79 Å². The zero-order valence-corrected chi connectivity index (χ0v) is 14.6. The van der Waals surface area contributed by atoms with E-state index in [2.05, 4.69) is 21.4 Å². The summed E-state index contributed by atoms with van der Waals surface area (Å²) < 4.78 is 3.10. The number of benzene rings is 2. The summed E-state index contributed by atoms with van der Waals surface area (Å²) in [6.07, 6.45) is 0.920. The first-order valence-electron chi connectivity index (χ1n) is 8.45. The first kappa shape index (κ1) is 16.4. The van der Waals surface area contributed by atoms with Gasteiger partial charge in [-0.2, -0.15) is 0 Å². The van der Waals surface area contributed by atoms with E-state index in [9.17, 15) is 9.90 Å². The normalized spacial score (nSPS) is 12.7. The van der Waals surface area contributed by atoms with Crippen LogP contribution in [-0.2, 0) is 13.1 Å². The van der Waals surface area contributed by atoms with Crippen LogP contribution in [0.4, 0.5) is 0 Å². The van der Waals surface area contributed by atoms with E-state index in [1.807, 2.05) is 30.5 Å². The monoisotopic (exact) mass is 349 g/mol. The van der Waals surface area contributed by atoms with E-state index in [1.165, 1.54) is 15.8 Å². The van der Waals surface area contributed by atoms with Crippen LogP contribution in [0, 0.1) is 13.8 Å².